The molecule has 1 aromatic rings. The van der Waals surface area contributed by atoms with Crippen molar-refractivity contribution in [2.24, 2.45) is 0 Å². The van der Waals surface area contributed by atoms with Gasteiger partial charge in [-0.15, -0.1) is 0 Å². The van der Waals surface area contributed by atoms with Gasteiger partial charge in [-0.2, -0.15) is 0 Å². The standard InChI is InChI=1S/C17H30N2O4/c1-2-3-13-10-14(4-5-17(13)18)19(8-6-15(22)11-20)9-7-16(23)12-21/h4-5,10,15-16,20-23H,2-3,6-9,11-12,18H2,1H3. The second-order valence-electron chi connectivity index (χ2n) is 5.87. The van der Waals surface area contributed by atoms with Crippen molar-refractivity contribution in [1.29, 1.82) is 0 Å². The molecule has 0 saturated carbocycles. The fourth-order valence-corrected chi connectivity index (χ4v) is 2.44. The first-order valence-corrected chi connectivity index (χ1v) is 8.23. The molecule has 132 valence electrons. The van der Waals surface area contributed by atoms with Crippen LogP contribution < -0.4 is 10.6 Å². The van der Waals surface area contributed by atoms with Gasteiger partial charge in [0.25, 0.3) is 0 Å². The van der Waals surface area contributed by atoms with Crippen LogP contribution in [0.5, 0.6) is 0 Å². The number of rotatable bonds is 11. The van der Waals surface area contributed by atoms with Crippen LogP contribution in [0.2, 0.25) is 0 Å². The number of anilines is 2. The van der Waals surface area contributed by atoms with E-state index in [9.17, 15) is 10.2 Å². The molecule has 6 nitrogen and oxygen atoms in total. The molecule has 0 spiro atoms. The van der Waals surface area contributed by atoms with Crippen LogP contribution >= 0.6 is 0 Å². The summed E-state index contributed by atoms with van der Waals surface area (Å²) in [5, 5.41) is 37.1. The molecule has 0 aliphatic carbocycles. The molecule has 0 heterocycles. The lowest BCUT2D eigenvalue weighted by atomic mass is 10.1. The Balaban J connectivity index is 2.86. The van der Waals surface area contributed by atoms with Gasteiger partial charge in [-0.3, -0.25) is 0 Å². The van der Waals surface area contributed by atoms with Crippen LogP contribution in [0.4, 0.5) is 11.4 Å². The fourth-order valence-electron chi connectivity index (χ4n) is 2.44. The predicted octanol–water partition coefficient (Wildman–Crippen LogP) is 0.514. The summed E-state index contributed by atoms with van der Waals surface area (Å²) in [6.45, 7) is 2.66. The van der Waals surface area contributed by atoms with E-state index in [2.05, 4.69) is 6.92 Å². The number of aliphatic hydroxyl groups is 4. The van der Waals surface area contributed by atoms with Gasteiger partial charge in [0.1, 0.15) is 0 Å². The number of nitrogens with zero attached hydrogens (tertiary/aromatic N) is 1. The minimum atomic E-state index is -0.760. The third-order valence-corrected chi connectivity index (χ3v) is 3.90. The smallest absolute Gasteiger partial charge is 0.0787 e. The number of hydrogen-bond acceptors (Lipinski definition) is 6. The van der Waals surface area contributed by atoms with Gasteiger partial charge in [0.2, 0.25) is 0 Å². The summed E-state index contributed by atoms with van der Waals surface area (Å²) >= 11 is 0. The highest BCUT2D eigenvalue weighted by Crippen LogP contribution is 2.23. The minimum absolute atomic E-state index is 0.268. The van der Waals surface area contributed by atoms with E-state index in [1.54, 1.807) is 0 Å². The van der Waals surface area contributed by atoms with Crippen molar-refractivity contribution in [1.82, 2.24) is 0 Å². The Morgan fingerprint density at radius 1 is 1.04 bits per heavy atom. The van der Waals surface area contributed by atoms with Gasteiger partial charge >= 0.3 is 0 Å². The third kappa shape index (κ3) is 6.74. The van der Waals surface area contributed by atoms with Crippen molar-refractivity contribution in [3.63, 3.8) is 0 Å². The second-order valence-corrected chi connectivity index (χ2v) is 5.87. The zero-order chi connectivity index (χ0) is 17.2. The number of aliphatic hydroxyl groups excluding tert-OH is 4. The fraction of sp³-hybridized carbons (Fsp3) is 0.647. The lowest BCUT2D eigenvalue weighted by Gasteiger charge is -2.27. The number of hydrogen-bond donors (Lipinski definition) is 5. The molecule has 0 saturated heterocycles. The largest absolute Gasteiger partial charge is 0.399 e. The van der Waals surface area contributed by atoms with Gasteiger partial charge < -0.3 is 31.1 Å². The number of nitrogen functional groups attached to an aromatic ring is 1. The summed E-state index contributed by atoms with van der Waals surface area (Å²) in [4.78, 5) is 2.04. The summed E-state index contributed by atoms with van der Waals surface area (Å²) in [6.07, 6.45) is 1.23. The Labute approximate surface area is 138 Å². The van der Waals surface area contributed by atoms with E-state index >= 15 is 0 Å². The monoisotopic (exact) mass is 326 g/mol. The highest BCUT2D eigenvalue weighted by atomic mass is 16.3. The lowest BCUT2D eigenvalue weighted by Crippen LogP contribution is -2.32. The maximum absolute atomic E-state index is 9.57. The molecule has 0 amide bonds. The minimum Gasteiger partial charge on any atom is -0.399 e. The van der Waals surface area contributed by atoms with Gasteiger partial charge in [-0.25, -0.2) is 0 Å². The van der Waals surface area contributed by atoms with Crippen LogP contribution in [-0.2, 0) is 6.42 Å². The molecule has 1 aromatic carbocycles. The highest BCUT2D eigenvalue weighted by molar-refractivity contribution is 5.58. The zero-order valence-corrected chi connectivity index (χ0v) is 13.9. The summed E-state index contributed by atoms with van der Waals surface area (Å²) in [6, 6.07) is 5.83. The molecule has 0 aliphatic heterocycles. The van der Waals surface area contributed by atoms with Crippen LogP contribution in [0.25, 0.3) is 0 Å². The first kappa shape index (κ1) is 19.7. The van der Waals surface area contributed by atoms with E-state index in [0.29, 0.717) is 25.9 Å². The van der Waals surface area contributed by atoms with E-state index in [1.165, 1.54) is 0 Å². The molecule has 2 unspecified atom stereocenters. The van der Waals surface area contributed by atoms with E-state index < -0.39 is 12.2 Å². The highest BCUT2D eigenvalue weighted by Gasteiger charge is 2.13. The van der Waals surface area contributed by atoms with Crippen LogP contribution in [0.1, 0.15) is 31.7 Å². The average Bonchev–Trinajstić information content (AvgIpc) is 2.56. The predicted molar refractivity (Wildman–Crippen MR) is 92.5 cm³/mol. The molecule has 0 aromatic heterocycles. The first-order chi connectivity index (χ1) is 11.0. The summed E-state index contributed by atoms with van der Waals surface area (Å²) in [5.41, 5.74) is 8.82. The van der Waals surface area contributed by atoms with Crippen molar-refractivity contribution >= 4 is 11.4 Å². The Hall–Kier alpha value is -1.34. The average molecular weight is 326 g/mol. The van der Waals surface area contributed by atoms with Crippen LogP contribution in [-0.4, -0.2) is 58.9 Å². The van der Waals surface area contributed by atoms with Crippen LogP contribution in [0, 0.1) is 0 Å². The van der Waals surface area contributed by atoms with Gasteiger partial charge in [0.15, 0.2) is 0 Å². The molecule has 6 heteroatoms. The van der Waals surface area contributed by atoms with Crippen molar-refractivity contribution in [3.8, 4) is 0 Å². The molecular weight excluding hydrogens is 296 g/mol. The summed E-state index contributed by atoms with van der Waals surface area (Å²) < 4.78 is 0. The Morgan fingerprint density at radius 2 is 1.61 bits per heavy atom. The van der Waals surface area contributed by atoms with Crippen molar-refractivity contribution in [2.75, 3.05) is 36.9 Å². The summed E-state index contributed by atoms with van der Waals surface area (Å²) in [5.74, 6) is 0. The van der Waals surface area contributed by atoms with Crippen molar-refractivity contribution in [2.45, 2.75) is 44.8 Å². The SMILES string of the molecule is CCCc1cc(N(CCC(O)CO)CCC(O)CO)ccc1N. The maximum atomic E-state index is 9.57. The molecule has 0 bridgehead atoms. The maximum Gasteiger partial charge on any atom is 0.0787 e. The Bertz CT molecular complexity index is 442. The molecule has 23 heavy (non-hydrogen) atoms. The molecule has 1 rings (SSSR count). The lowest BCUT2D eigenvalue weighted by molar-refractivity contribution is 0.0854. The number of nitrogens with two attached hydrogens (primary N) is 1. The van der Waals surface area contributed by atoms with Gasteiger partial charge in [0.05, 0.1) is 25.4 Å². The Morgan fingerprint density at radius 3 is 2.09 bits per heavy atom. The van der Waals surface area contributed by atoms with Crippen molar-refractivity contribution in [3.05, 3.63) is 23.8 Å². The van der Waals surface area contributed by atoms with Crippen LogP contribution in [0.3, 0.4) is 0 Å². The second kappa shape index (κ2) is 10.4. The third-order valence-electron chi connectivity index (χ3n) is 3.90. The van der Waals surface area contributed by atoms with E-state index in [1.807, 2.05) is 23.1 Å². The molecule has 2 atom stereocenters. The van der Waals surface area contributed by atoms with Crippen LogP contribution in [0.15, 0.2) is 18.2 Å². The van der Waals surface area contributed by atoms with Gasteiger partial charge in [0, 0.05) is 24.5 Å². The normalized spacial score (nSPS) is 13.8. The molecular formula is C17H30N2O4. The van der Waals surface area contributed by atoms with E-state index in [4.69, 9.17) is 15.9 Å². The number of benzene rings is 1. The topological polar surface area (TPSA) is 110 Å². The van der Waals surface area contributed by atoms with E-state index in [0.717, 1.165) is 29.8 Å². The molecule has 0 aliphatic rings. The first-order valence-electron chi connectivity index (χ1n) is 8.23. The van der Waals surface area contributed by atoms with Crippen molar-refractivity contribution < 1.29 is 20.4 Å². The molecule has 0 fully saturated rings. The number of aryl methyl sites for hydroxylation is 1. The van der Waals surface area contributed by atoms with E-state index in [-0.39, 0.29) is 13.2 Å². The quantitative estimate of drug-likeness (QED) is 0.379. The van der Waals surface area contributed by atoms with Gasteiger partial charge in [-0.05, 0) is 43.0 Å². The Kier molecular flexibility index (Phi) is 8.94. The molecule has 6 N–H and O–H groups in total. The molecule has 0 radical (unpaired) electrons. The summed E-state index contributed by atoms with van der Waals surface area (Å²) in [7, 11) is 0. The zero-order valence-electron chi connectivity index (χ0n) is 13.9. The van der Waals surface area contributed by atoms with Gasteiger partial charge in [-0.1, -0.05) is 13.3 Å².